The van der Waals surface area contributed by atoms with Crippen molar-refractivity contribution < 1.29 is 10.0 Å². The van der Waals surface area contributed by atoms with Crippen LogP contribution in [0.25, 0.3) is 0 Å². The smallest absolute Gasteiger partial charge is 0.329 e. The van der Waals surface area contributed by atoms with E-state index in [1.165, 1.54) is 6.20 Å². The van der Waals surface area contributed by atoms with Crippen LogP contribution in [0.5, 0.6) is 0 Å². The van der Waals surface area contributed by atoms with E-state index in [2.05, 4.69) is 15.3 Å². The van der Waals surface area contributed by atoms with Crippen molar-refractivity contribution in [1.29, 1.82) is 0 Å². The van der Waals surface area contributed by atoms with Gasteiger partial charge in [0.25, 0.3) is 0 Å². The van der Waals surface area contributed by atoms with Gasteiger partial charge in [-0.15, -0.1) is 0 Å². The molecule has 1 aliphatic rings. The standard InChI is InChI=1S/C12H19N5O3/c1-2-5-13-12-14-7-10(17(19)20)11(15-12)16-6-3-4-9(18)8-16/h7,9,18H,2-6,8H2,1H3,(H,13,14,15). The van der Waals surface area contributed by atoms with E-state index in [-0.39, 0.29) is 11.5 Å². The minimum absolute atomic E-state index is 0.124. The number of hydrogen-bond donors (Lipinski definition) is 2. The number of nitro groups is 1. The van der Waals surface area contributed by atoms with Gasteiger partial charge >= 0.3 is 5.69 Å². The number of hydrogen-bond acceptors (Lipinski definition) is 7. The zero-order valence-electron chi connectivity index (χ0n) is 11.4. The Labute approximate surface area is 117 Å². The second kappa shape index (κ2) is 6.47. The average molecular weight is 281 g/mol. The lowest BCUT2D eigenvalue weighted by molar-refractivity contribution is -0.384. The van der Waals surface area contributed by atoms with Crippen molar-refractivity contribution in [2.24, 2.45) is 0 Å². The third kappa shape index (κ3) is 3.32. The molecule has 1 unspecified atom stereocenters. The monoisotopic (exact) mass is 281 g/mol. The van der Waals surface area contributed by atoms with E-state index < -0.39 is 11.0 Å². The molecule has 8 heteroatoms. The van der Waals surface area contributed by atoms with Crippen molar-refractivity contribution in [3.05, 3.63) is 16.3 Å². The summed E-state index contributed by atoms with van der Waals surface area (Å²) in [4.78, 5) is 20.6. The van der Waals surface area contributed by atoms with E-state index in [0.717, 1.165) is 19.3 Å². The minimum atomic E-state index is -0.486. The van der Waals surface area contributed by atoms with Crippen molar-refractivity contribution in [2.45, 2.75) is 32.3 Å². The maximum Gasteiger partial charge on any atom is 0.329 e. The van der Waals surface area contributed by atoms with E-state index in [1.54, 1.807) is 4.90 Å². The van der Waals surface area contributed by atoms with E-state index in [9.17, 15) is 15.2 Å². The summed E-state index contributed by atoms with van der Waals surface area (Å²) in [5, 5.41) is 23.8. The zero-order valence-corrected chi connectivity index (χ0v) is 11.4. The van der Waals surface area contributed by atoms with Crippen molar-refractivity contribution in [2.75, 3.05) is 29.9 Å². The SMILES string of the molecule is CCCNc1ncc([N+](=O)[O-])c(N2CCCC(O)C2)n1. The van der Waals surface area contributed by atoms with Gasteiger partial charge in [0, 0.05) is 19.6 Å². The molecule has 1 aromatic rings. The van der Waals surface area contributed by atoms with E-state index in [0.29, 0.717) is 25.6 Å². The average Bonchev–Trinajstić information content (AvgIpc) is 2.44. The quantitative estimate of drug-likeness (QED) is 0.616. The molecule has 110 valence electrons. The van der Waals surface area contributed by atoms with Crippen molar-refractivity contribution in [3.63, 3.8) is 0 Å². The van der Waals surface area contributed by atoms with Gasteiger partial charge in [-0.1, -0.05) is 6.92 Å². The first-order chi connectivity index (χ1) is 9.61. The molecule has 1 saturated heterocycles. The first-order valence-corrected chi connectivity index (χ1v) is 6.80. The van der Waals surface area contributed by atoms with Crippen LogP contribution in [0.15, 0.2) is 6.20 Å². The van der Waals surface area contributed by atoms with Crippen LogP contribution in [0.1, 0.15) is 26.2 Å². The summed E-state index contributed by atoms with van der Waals surface area (Å²) in [7, 11) is 0. The largest absolute Gasteiger partial charge is 0.391 e. The number of aliphatic hydroxyl groups excluding tert-OH is 1. The molecule has 8 nitrogen and oxygen atoms in total. The van der Waals surface area contributed by atoms with E-state index >= 15 is 0 Å². The summed E-state index contributed by atoms with van der Waals surface area (Å²) < 4.78 is 0. The molecule has 1 aliphatic heterocycles. The van der Waals surface area contributed by atoms with Crippen LogP contribution in [0.3, 0.4) is 0 Å². The molecule has 0 bridgehead atoms. The van der Waals surface area contributed by atoms with Gasteiger partial charge in [-0.25, -0.2) is 4.98 Å². The highest BCUT2D eigenvalue weighted by molar-refractivity contribution is 5.59. The lowest BCUT2D eigenvalue weighted by Gasteiger charge is -2.30. The molecule has 0 saturated carbocycles. The molecule has 0 spiro atoms. The molecular formula is C12H19N5O3. The number of aromatic nitrogens is 2. The Morgan fingerprint density at radius 3 is 3.10 bits per heavy atom. The lowest BCUT2D eigenvalue weighted by Crippen LogP contribution is -2.39. The number of anilines is 2. The van der Waals surface area contributed by atoms with Crippen molar-refractivity contribution in [1.82, 2.24) is 9.97 Å². The zero-order chi connectivity index (χ0) is 14.5. The molecule has 1 fully saturated rings. The maximum atomic E-state index is 11.1. The lowest BCUT2D eigenvalue weighted by atomic mass is 10.1. The highest BCUT2D eigenvalue weighted by Crippen LogP contribution is 2.28. The van der Waals surface area contributed by atoms with Gasteiger partial charge in [0.15, 0.2) is 0 Å². The molecule has 0 amide bonds. The number of rotatable bonds is 5. The summed E-state index contributed by atoms with van der Waals surface area (Å²) in [5.74, 6) is 0.662. The van der Waals surface area contributed by atoms with Crippen molar-refractivity contribution >= 4 is 17.5 Å². The summed E-state index contributed by atoms with van der Waals surface area (Å²) in [5.41, 5.74) is -0.124. The first kappa shape index (κ1) is 14.4. The number of piperidine rings is 1. The second-order valence-corrected chi connectivity index (χ2v) is 4.83. The predicted octanol–water partition coefficient (Wildman–Crippen LogP) is 1.17. The Morgan fingerprint density at radius 1 is 1.65 bits per heavy atom. The number of aliphatic hydroxyl groups is 1. The summed E-state index contributed by atoms with van der Waals surface area (Å²) in [6.45, 7) is 3.74. The fourth-order valence-corrected chi connectivity index (χ4v) is 2.20. The molecule has 2 heterocycles. The van der Waals surface area contributed by atoms with E-state index in [4.69, 9.17) is 0 Å². The number of nitrogens with zero attached hydrogens (tertiary/aromatic N) is 4. The fourth-order valence-electron chi connectivity index (χ4n) is 2.20. The van der Waals surface area contributed by atoms with Crippen LogP contribution >= 0.6 is 0 Å². The molecule has 0 aromatic carbocycles. The first-order valence-electron chi connectivity index (χ1n) is 6.80. The van der Waals surface area contributed by atoms with Gasteiger partial charge in [0.2, 0.25) is 11.8 Å². The third-order valence-corrected chi connectivity index (χ3v) is 3.18. The van der Waals surface area contributed by atoms with Crippen LogP contribution in [0, 0.1) is 10.1 Å². The normalized spacial score (nSPS) is 18.9. The predicted molar refractivity (Wildman–Crippen MR) is 74.9 cm³/mol. The topological polar surface area (TPSA) is 104 Å². The molecule has 1 aromatic heterocycles. The second-order valence-electron chi connectivity index (χ2n) is 4.83. The molecular weight excluding hydrogens is 262 g/mol. The Balaban J connectivity index is 2.28. The van der Waals surface area contributed by atoms with E-state index in [1.807, 2.05) is 6.92 Å². The van der Waals surface area contributed by atoms with Crippen molar-refractivity contribution in [3.8, 4) is 0 Å². The molecule has 2 N–H and O–H groups in total. The highest BCUT2D eigenvalue weighted by Gasteiger charge is 2.26. The van der Waals surface area contributed by atoms with Gasteiger partial charge < -0.3 is 15.3 Å². The van der Waals surface area contributed by atoms with Gasteiger partial charge in [0.1, 0.15) is 6.20 Å². The number of β-amino-alcohol motifs (C(OH)–C–C–N with tert-alkyl or cyclic N) is 1. The van der Waals surface area contributed by atoms with Gasteiger partial charge in [-0.3, -0.25) is 10.1 Å². The molecule has 0 radical (unpaired) electrons. The Kier molecular flexibility index (Phi) is 4.67. The summed E-state index contributed by atoms with van der Waals surface area (Å²) >= 11 is 0. The molecule has 0 aliphatic carbocycles. The molecule has 1 atom stereocenters. The summed E-state index contributed by atoms with van der Waals surface area (Å²) in [6, 6.07) is 0. The minimum Gasteiger partial charge on any atom is -0.391 e. The van der Waals surface area contributed by atoms with Gasteiger partial charge in [-0.05, 0) is 19.3 Å². The van der Waals surface area contributed by atoms with Crippen LogP contribution in [0.2, 0.25) is 0 Å². The van der Waals surface area contributed by atoms with Gasteiger partial charge in [-0.2, -0.15) is 4.98 Å². The van der Waals surface area contributed by atoms with Crippen LogP contribution < -0.4 is 10.2 Å². The van der Waals surface area contributed by atoms with Crippen LogP contribution in [-0.2, 0) is 0 Å². The van der Waals surface area contributed by atoms with Crippen LogP contribution in [-0.4, -0.2) is 45.7 Å². The fraction of sp³-hybridized carbons (Fsp3) is 0.667. The Bertz CT molecular complexity index is 482. The number of nitrogens with one attached hydrogen (secondary N) is 1. The Hall–Kier alpha value is -1.96. The molecule has 20 heavy (non-hydrogen) atoms. The summed E-state index contributed by atoms with van der Waals surface area (Å²) in [6.07, 6.45) is 3.18. The van der Waals surface area contributed by atoms with Crippen LogP contribution in [0.4, 0.5) is 17.5 Å². The third-order valence-electron chi connectivity index (χ3n) is 3.18. The maximum absolute atomic E-state index is 11.1. The van der Waals surface area contributed by atoms with Gasteiger partial charge in [0.05, 0.1) is 11.0 Å². The Morgan fingerprint density at radius 2 is 2.45 bits per heavy atom. The highest BCUT2D eigenvalue weighted by atomic mass is 16.6. The molecule has 2 rings (SSSR count).